The van der Waals surface area contributed by atoms with Crippen LogP contribution in [-0.2, 0) is 6.18 Å². The number of fused-ring (bicyclic) bond motifs is 1. The monoisotopic (exact) mass is 436 g/mol. The van der Waals surface area contributed by atoms with E-state index in [0.29, 0.717) is 17.0 Å². The number of aryl methyl sites for hydroxylation is 1. The lowest BCUT2D eigenvalue weighted by Crippen LogP contribution is -2.09. The van der Waals surface area contributed by atoms with E-state index in [4.69, 9.17) is 4.98 Å². The highest BCUT2D eigenvalue weighted by atomic mass is 19.4. The topological polar surface area (TPSA) is 17.8 Å². The summed E-state index contributed by atoms with van der Waals surface area (Å²) in [6.45, 7) is 10.3. The highest BCUT2D eigenvalue weighted by Crippen LogP contribution is 2.39. The fraction of sp³-hybridized carbons (Fsp3) is 0.296. The molecule has 166 valence electrons. The summed E-state index contributed by atoms with van der Waals surface area (Å²) in [5, 5.41) is 0. The molecule has 0 spiro atoms. The smallest absolute Gasteiger partial charge is 0.292 e. The molecule has 32 heavy (non-hydrogen) atoms. The normalized spacial score (nSPS) is 12.3. The Hall–Kier alpha value is -3.08. The summed E-state index contributed by atoms with van der Waals surface area (Å²) < 4.78 is 42.0. The molecule has 0 unspecified atom stereocenters. The predicted octanol–water partition coefficient (Wildman–Crippen LogP) is 8.27. The molecule has 4 aromatic rings. The Morgan fingerprint density at radius 1 is 0.812 bits per heavy atom. The SMILES string of the molecule is Cc1cc(C(F)(F)F)ccc1-c1nc2ccccc2n1-c1c(C(C)C)cccc1C(C)C. The van der Waals surface area contributed by atoms with E-state index in [1.807, 2.05) is 24.3 Å². The van der Waals surface area contributed by atoms with E-state index in [1.54, 1.807) is 13.0 Å². The molecule has 4 rings (SSSR count). The number of para-hydroxylation sites is 3. The van der Waals surface area contributed by atoms with Crippen molar-refractivity contribution in [3.63, 3.8) is 0 Å². The number of halogens is 3. The van der Waals surface area contributed by atoms with Gasteiger partial charge in [-0.1, -0.05) is 64.1 Å². The molecule has 0 fully saturated rings. The zero-order chi connectivity index (χ0) is 23.2. The minimum absolute atomic E-state index is 0.270. The van der Waals surface area contributed by atoms with E-state index in [-0.39, 0.29) is 11.8 Å². The van der Waals surface area contributed by atoms with Crippen LogP contribution in [0.5, 0.6) is 0 Å². The van der Waals surface area contributed by atoms with Crippen molar-refractivity contribution in [2.75, 3.05) is 0 Å². The summed E-state index contributed by atoms with van der Waals surface area (Å²) in [5.41, 5.74) is 5.79. The second-order valence-electron chi connectivity index (χ2n) is 8.88. The number of alkyl halides is 3. The summed E-state index contributed by atoms with van der Waals surface area (Å²) in [7, 11) is 0. The largest absolute Gasteiger partial charge is 0.416 e. The molecule has 0 aliphatic rings. The van der Waals surface area contributed by atoms with Crippen LogP contribution in [0.2, 0.25) is 0 Å². The summed E-state index contributed by atoms with van der Waals surface area (Å²) in [4.78, 5) is 4.89. The quantitative estimate of drug-likeness (QED) is 0.315. The molecule has 0 aliphatic heterocycles. The van der Waals surface area contributed by atoms with E-state index in [1.165, 1.54) is 17.2 Å². The van der Waals surface area contributed by atoms with Crippen LogP contribution in [-0.4, -0.2) is 9.55 Å². The number of aromatic nitrogens is 2. The van der Waals surface area contributed by atoms with Crippen molar-refractivity contribution in [1.82, 2.24) is 9.55 Å². The summed E-state index contributed by atoms with van der Waals surface area (Å²) in [6, 6.07) is 18.1. The van der Waals surface area contributed by atoms with Crippen molar-refractivity contribution in [1.29, 1.82) is 0 Å². The molecule has 0 bridgehead atoms. The Morgan fingerprint density at radius 2 is 1.44 bits per heavy atom. The van der Waals surface area contributed by atoms with Gasteiger partial charge in [0, 0.05) is 5.56 Å². The van der Waals surface area contributed by atoms with Gasteiger partial charge in [-0.25, -0.2) is 4.98 Å². The van der Waals surface area contributed by atoms with Crippen molar-refractivity contribution in [2.45, 2.75) is 52.6 Å². The summed E-state index contributed by atoms with van der Waals surface area (Å²) in [5.74, 6) is 1.20. The van der Waals surface area contributed by atoms with Gasteiger partial charge in [-0.05, 0) is 59.7 Å². The van der Waals surface area contributed by atoms with Crippen LogP contribution in [0.15, 0.2) is 60.7 Å². The molecule has 0 atom stereocenters. The third kappa shape index (κ3) is 3.81. The summed E-state index contributed by atoms with van der Waals surface area (Å²) >= 11 is 0. The van der Waals surface area contributed by atoms with Crippen LogP contribution < -0.4 is 0 Å². The molecule has 5 heteroatoms. The van der Waals surface area contributed by atoms with Crippen molar-refractivity contribution >= 4 is 11.0 Å². The molecule has 0 saturated heterocycles. The lowest BCUT2D eigenvalue weighted by Gasteiger charge is -2.23. The second kappa shape index (κ2) is 8.12. The predicted molar refractivity (Wildman–Crippen MR) is 124 cm³/mol. The molecule has 0 N–H and O–H groups in total. The van der Waals surface area contributed by atoms with Crippen LogP contribution in [0.1, 0.15) is 61.8 Å². The van der Waals surface area contributed by atoms with Crippen molar-refractivity contribution in [3.8, 4) is 17.1 Å². The molecular weight excluding hydrogens is 409 g/mol. The van der Waals surface area contributed by atoms with Crippen LogP contribution in [0.3, 0.4) is 0 Å². The van der Waals surface area contributed by atoms with Crippen molar-refractivity contribution in [3.05, 3.63) is 82.9 Å². The standard InChI is InChI=1S/C27H27F3N2/c1-16(2)20-9-8-10-21(17(3)4)25(20)32-24-12-7-6-11-23(24)31-26(32)22-14-13-19(15-18(22)5)27(28,29)30/h6-17H,1-5H3. The van der Waals surface area contributed by atoms with Gasteiger partial charge in [0.15, 0.2) is 0 Å². The van der Waals surface area contributed by atoms with E-state index < -0.39 is 11.7 Å². The van der Waals surface area contributed by atoms with E-state index in [0.717, 1.165) is 22.8 Å². The number of benzene rings is 3. The fourth-order valence-corrected chi connectivity index (χ4v) is 4.29. The first kappa shape index (κ1) is 22.1. The van der Waals surface area contributed by atoms with Crippen LogP contribution >= 0.6 is 0 Å². The highest BCUT2D eigenvalue weighted by Gasteiger charge is 2.31. The Kier molecular flexibility index (Phi) is 5.61. The highest BCUT2D eigenvalue weighted by molar-refractivity contribution is 5.85. The Bertz CT molecular complexity index is 1250. The maximum absolute atomic E-state index is 13.3. The molecular formula is C27H27F3N2. The van der Waals surface area contributed by atoms with Crippen LogP contribution in [0.25, 0.3) is 28.1 Å². The van der Waals surface area contributed by atoms with Gasteiger partial charge in [0.05, 0.1) is 22.3 Å². The lowest BCUT2D eigenvalue weighted by atomic mass is 9.92. The van der Waals surface area contributed by atoms with Gasteiger partial charge >= 0.3 is 6.18 Å². The molecule has 0 radical (unpaired) electrons. The van der Waals surface area contributed by atoms with Crippen LogP contribution in [0.4, 0.5) is 13.2 Å². The molecule has 2 nitrogen and oxygen atoms in total. The van der Waals surface area contributed by atoms with Crippen LogP contribution in [0, 0.1) is 6.92 Å². The van der Waals surface area contributed by atoms with Crippen molar-refractivity contribution < 1.29 is 13.2 Å². The van der Waals surface area contributed by atoms with Gasteiger partial charge in [-0.3, -0.25) is 4.57 Å². The molecule has 1 aromatic heterocycles. The number of nitrogens with zero attached hydrogens (tertiary/aromatic N) is 2. The van der Waals surface area contributed by atoms with E-state index in [9.17, 15) is 13.2 Å². The number of hydrogen-bond acceptors (Lipinski definition) is 1. The second-order valence-corrected chi connectivity index (χ2v) is 8.88. The van der Waals surface area contributed by atoms with Gasteiger partial charge < -0.3 is 0 Å². The first-order chi connectivity index (χ1) is 15.1. The van der Waals surface area contributed by atoms with Gasteiger partial charge in [-0.15, -0.1) is 0 Å². The number of rotatable bonds is 4. The average Bonchev–Trinajstić information content (AvgIpc) is 3.11. The molecule has 0 amide bonds. The maximum atomic E-state index is 13.3. The number of hydrogen-bond donors (Lipinski definition) is 0. The Labute approximate surface area is 186 Å². The van der Waals surface area contributed by atoms with E-state index in [2.05, 4.69) is 50.5 Å². The van der Waals surface area contributed by atoms with Gasteiger partial charge in [0.2, 0.25) is 0 Å². The lowest BCUT2D eigenvalue weighted by molar-refractivity contribution is -0.137. The fourth-order valence-electron chi connectivity index (χ4n) is 4.29. The van der Waals surface area contributed by atoms with Gasteiger partial charge in [0.25, 0.3) is 0 Å². The molecule has 0 saturated carbocycles. The minimum atomic E-state index is -4.38. The molecule has 1 heterocycles. The van der Waals surface area contributed by atoms with Gasteiger partial charge in [0.1, 0.15) is 5.82 Å². The number of imidazole rings is 1. The zero-order valence-corrected chi connectivity index (χ0v) is 19.0. The molecule has 0 aliphatic carbocycles. The first-order valence-corrected chi connectivity index (χ1v) is 10.9. The third-order valence-electron chi connectivity index (χ3n) is 5.92. The molecule has 3 aromatic carbocycles. The average molecular weight is 437 g/mol. The third-order valence-corrected chi connectivity index (χ3v) is 5.92. The van der Waals surface area contributed by atoms with E-state index >= 15 is 0 Å². The van der Waals surface area contributed by atoms with Gasteiger partial charge in [-0.2, -0.15) is 13.2 Å². The first-order valence-electron chi connectivity index (χ1n) is 10.9. The van der Waals surface area contributed by atoms with Crippen molar-refractivity contribution in [2.24, 2.45) is 0 Å². The minimum Gasteiger partial charge on any atom is -0.292 e. The maximum Gasteiger partial charge on any atom is 0.416 e. The zero-order valence-electron chi connectivity index (χ0n) is 19.0. The Morgan fingerprint density at radius 3 is 2.00 bits per heavy atom. The Balaban J connectivity index is 2.09. The summed E-state index contributed by atoms with van der Waals surface area (Å²) in [6.07, 6.45) is -4.38.